The lowest BCUT2D eigenvalue weighted by atomic mass is 10.3. The Labute approximate surface area is 144 Å². The highest BCUT2D eigenvalue weighted by atomic mass is 79.9. The van der Waals surface area contributed by atoms with Gasteiger partial charge in [0.2, 0.25) is 0 Å². The highest BCUT2D eigenvalue weighted by Gasteiger charge is 2.28. The highest BCUT2D eigenvalue weighted by molar-refractivity contribution is 9.10. The summed E-state index contributed by atoms with van der Waals surface area (Å²) in [5, 5.41) is 1.62. The Hall–Kier alpha value is -1.83. The summed E-state index contributed by atoms with van der Waals surface area (Å²) < 4.78 is 20.6. The number of rotatable bonds is 5. The van der Waals surface area contributed by atoms with Crippen molar-refractivity contribution in [3.8, 4) is 5.75 Å². The second kappa shape index (κ2) is 7.16. The number of hydrogen-bond donors (Lipinski definition) is 0. The van der Waals surface area contributed by atoms with E-state index in [2.05, 4.69) is 15.9 Å². The van der Waals surface area contributed by atoms with Crippen molar-refractivity contribution in [2.45, 2.75) is 0 Å². The van der Waals surface area contributed by atoms with Crippen molar-refractivity contribution >= 4 is 33.7 Å². The van der Waals surface area contributed by atoms with Crippen LogP contribution in [0.5, 0.6) is 5.75 Å². The Morgan fingerprint density at radius 1 is 0.739 bits per heavy atom. The van der Waals surface area contributed by atoms with E-state index in [1.165, 1.54) is 0 Å². The third-order valence-corrected chi connectivity index (χ3v) is 6.86. The van der Waals surface area contributed by atoms with Crippen molar-refractivity contribution in [2.24, 2.45) is 0 Å². The average molecular weight is 387 g/mol. The number of hydrogen-bond acceptors (Lipinski definition) is 2. The Morgan fingerprint density at radius 3 is 1.70 bits per heavy atom. The van der Waals surface area contributed by atoms with Gasteiger partial charge in [-0.2, -0.15) is 0 Å². The van der Waals surface area contributed by atoms with Crippen LogP contribution in [-0.4, -0.2) is 6.35 Å². The van der Waals surface area contributed by atoms with Gasteiger partial charge in [-0.15, -0.1) is 0 Å². The molecule has 0 saturated heterocycles. The minimum atomic E-state index is -2.84. The van der Waals surface area contributed by atoms with Gasteiger partial charge in [0.1, 0.15) is 12.1 Å². The van der Waals surface area contributed by atoms with Crippen LogP contribution in [0.2, 0.25) is 0 Å². The summed E-state index contributed by atoms with van der Waals surface area (Å²) in [4.78, 5) is 0. The van der Waals surface area contributed by atoms with E-state index in [0.717, 1.165) is 15.1 Å². The molecular weight excluding hydrogens is 371 g/mol. The lowest BCUT2D eigenvalue weighted by molar-refractivity contribution is 0.380. The summed E-state index contributed by atoms with van der Waals surface area (Å²) in [6.45, 7) is 0. The van der Waals surface area contributed by atoms with Gasteiger partial charge in [0.15, 0.2) is 7.14 Å². The molecule has 0 aromatic heterocycles. The lowest BCUT2D eigenvalue weighted by Gasteiger charge is -2.20. The predicted molar refractivity (Wildman–Crippen MR) is 99.4 cm³/mol. The molecule has 0 aliphatic rings. The molecule has 0 aliphatic carbocycles. The quantitative estimate of drug-likeness (QED) is 0.588. The molecule has 0 fully saturated rings. The minimum Gasteiger partial charge on any atom is -0.485 e. The molecule has 3 aromatic rings. The van der Waals surface area contributed by atoms with E-state index in [1.807, 2.05) is 84.9 Å². The molecule has 0 saturated carbocycles. The summed E-state index contributed by atoms with van der Waals surface area (Å²) in [5.74, 6) is 0.709. The smallest absolute Gasteiger partial charge is 0.178 e. The molecule has 23 heavy (non-hydrogen) atoms. The first-order chi connectivity index (χ1) is 11.2. The van der Waals surface area contributed by atoms with Crippen molar-refractivity contribution in [1.29, 1.82) is 0 Å². The zero-order valence-electron chi connectivity index (χ0n) is 12.4. The van der Waals surface area contributed by atoms with E-state index in [0.29, 0.717) is 5.75 Å². The molecule has 0 aliphatic heterocycles. The van der Waals surface area contributed by atoms with Crippen LogP contribution >= 0.6 is 23.1 Å². The molecular formula is C19H16BrO2P. The molecule has 0 atom stereocenters. The Bertz CT molecular complexity index is 758. The second-order valence-electron chi connectivity index (χ2n) is 5.14. The molecule has 116 valence electrons. The molecule has 0 N–H and O–H groups in total. The zero-order chi connectivity index (χ0) is 16.1. The van der Waals surface area contributed by atoms with Crippen LogP contribution in [0.15, 0.2) is 89.4 Å². The molecule has 0 heterocycles. The molecule has 3 aromatic carbocycles. The maximum atomic E-state index is 13.7. The topological polar surface area (TPSA) is 26.3 Å². The van der Waals surface area contributed by atoms with Gasteiger partial charge in [0, 0.05) is 15.1 Å². The number of benzene rings is 3. The molecule has 0 radical (unpaired) electrons. The summed E-state index contributed by atoms with van der Waals surface area (Å²) in [6, 6.07) is 26.6. The summed E-state index contributed by atoms with van der Waals surface area (Å²) in [5.41, 5.74) is 0. The van der Waals surface area contributed by atoms with Crippen molar-refractivity contribution in [3.63, 3.8) is 0 Å². The maximum Gasteiger partial charge on any atom is 0.178 e. The minimum absolute atomic E-state index is 0.142. The van der Waals surface area contributed by atoms with E-state index in [9.17, 15) is 4.57 Å². The van der Waals surface area contributed by atoms with Crippen molar-refractivity contribution in [1.82, 2.24) is 0 Å². The fraction of sp³-hybridized carbons (Fsp3) is 0.0526. The molecule has 4 heteroatoms. The SMILES string of the molecule is O=P(COc1ccc(Br)cc1)(c1ccccc1)c1ccccc1. The Morgan fingerprint density at radius 2 is 1.22 bits per heavy atom. The second-order valence-corrected chi connectivity index (χ2v) is 8.82. The molecule has 0 spiro atoms. The molecule has 3 rings (SSSR count). The summed E-state index contributed by atoms with van der Waals surface area (Å²) >= 11 is 3.40. The molecule has 2 nitrogen and oxygen atoms in total. The van der Waals surface area contributed by atoms with Crippen molar-refractivity contribution < 1.29 is 9.30 Å². The van der Waals surface area contributed by atoms with E-state index >= 15 is 0 Å². The van der Waals surface area contributed by atoms with Gasteiger partial charge in [0.05, 0.1) is 0 Å². The standard InChI is InChI=1S/C19H16BrO2P/c20-16-11-13-17(14-12-16)22-15-23(21,18-7-3-1-4-8-18)19-9-5-2-6-10-19/h1-14H,15H2. The first-order valence-electron chi connectivity index (χ1n) is 7.27. The third kappa shape index (κ3) is 3.74. The normalized spacial score (nSPS) is 11.2. The van der Waals surface area contributed by atoms with Crippen LogP contribution in [0.3, 0.4) is 0 Å². The van der Waals surface area contributed by atoms with Crippen LogP contribution in [0.4, 0.5) is 0 Å². The van der Waals surface area contributed by atoms with Gasteiger partial charge in [-0.3, -0.25) is 0 Å². The van der Waals surface area contributed by atoms with Crippen LogP contribution < -0.4 is 15.3 Å². The maximum absolute atomic E-state index is 13.7. The van der Waals surface area contributed by atoms with E-state index in [-0.39, 0.29) is 6.35 Å². The van der Waals surface area contributed by atoms with Crippen molar-refractivity contribution in [3.05, 3.63) is 89.4 Å². The average Bonchev–Trinajstić information content (AvgIpc) is 2.62. The first kappa shape index (κ1) is 16.0. The van der Waals surface area contributed by atoms with Crippen LogP contribution in [0.25, 0.3) is 0 Å². The van der Waals surface area contributed by atoms with E-state index in [4.69, 9.17) is 4.74 Å². The van der Waals surface area contributed by atoms with Crippen LogP contribution in [0.1, 0.15) is 0 Å². The summed E-state index contributed by atoms with van der Waals surface area (Å²) in [7, 11) is -2.84. The fourth-order valence-corrected chi connectivity index (χ4v) is 4.83. The Balaban J connectivity index is 1.93. The zero-order valence-corrected chi connectivity index (χ0v) is 14.9. The van der Waals surface area contributed by atoms with Gasteiger partial charge in [-0.1, -0.05) is 76.6 Å². The molecule has 0 amide bonds. The first-order valence-corrected chi connectivity index (χ1v) is 9.96. The lowest BCUT2D eigenvalue weighted by Crippen LogP contribution is -2.20. The number of ether oxygens (including phenoxy) is 1. The van der Waals surface area contributed by atoms with Crippen molar-refractivity contribution in [2.75, 3.05) is 6.35 Å². The van der Waals surface area contributed by atoms with Gasteiger partial charge < -0.3 is 9.30 Å². The molecule has 0 unspecified atom stereocenters. The monoisotopic (exact) mass is 386 g/mol. The van der Waals surface area contributed by atoms with Crippen LogP contribution in [-0.2, 0) is 4.57 Å². The Kier molecular flexibility index (Phi) is 5.00. The molecule has 0 bridgehead atoms. The van der Waals surface area contributed by atoms with Gasteiger partial charge in [0.25, 0.3) is 0 Å². The predicted octanol–water partition coefficient (Wildman–Crippen LogP) is 4.80. The van der Waals surface area contributed by atoms with Gasteiger partial charge in [-0.25, -0.2) is 0 Å². The van der Waals surface area contributed by atoms with E-state index in [1.54, 1.807) is 0 Å². The van der Waals surface area contributed by atoms with Gasteiger partial charge >= 0.3 is 0 Å². The number of halogens is 1. The van der Waals surface area contributed by atoms with Crippen LogP contribution in [0, 0.1) is 0 Å². The van der Waals surface area contributed by atoms with Gasteiger partial charge in [-0.05, 0) is 24.3 Å². The fourth-order valence-electron chi connectivity index (χ4n) is 2.33. The largest absolute Gasteiger partial charge is 0.485 e. The third-order valence-electron chi connectivity index (χ3n) is 3.57. The highest BCUT2D eigenvalue weighted by Crippen LogP contribution is 2.43. The van der Waals surface area contributed by atoms with E-state index < -0.39 is 7.14 Å². The summed E-state index contributed by atoms with van der Waals surface area (Å²) in [6.07, 6.45) is 0.142.